The Kier molecular flexibility index (Phi) is 5.41. The number of hydrogen-bond donors (Lipinski definition) is 1. The van der Waals surface area contributed by atoms with Gasteiger partial charge in [0.05, 0.1) is 11.4 Å². The molecule has 2 heterocycles. The van der Waals surface area contributed by atoms with Gasteiger partial charge in [-0.3, -0.25) is 4.99 Å². The van der Waals surface area contributed by atoms with Crippen molar-refractivity contribution in [3.63, 3.8) is 0 Å². The van der Waals surface area contributed by atoms with Gasteiger partial charge in [0.2, 0.25) is 0 Å². The van der Waals surface area contributed by atoms with Crippen LogP contribution in [0.25, 0.3) is 5.69 Å². The highest BCUT2D eigenvalue weighted by Gasteiger charge is 2.18. The molecule has 1 N–H and O–H groups in total. The van der Waals surface area contributed by atoms with Gasteiger partial charge in [-0.15, -0.1) is 0 Å². The molecule has 5 nitrogen and oxygen atoms in total. The number of nitrogens with zero attached hydrogens (tertiary/aromatic N) is 4. The molecule has 1 aliphatic heterocycles. The summed E-state index contributed by atoms with van der Waals surface area (Å²) in [7, 11) is 1.87. The van der Waals surface area contributed by atoms with Gasteiger partial charge in [-0.1, -0.05) is 25.1 Å². The third-order valence-corrected chi connectivity index (χ3v) is 4.96. The zero-order valence-corrected chi connectivity index (χ0v) is 15.8. The number of rotatable bonds is 3. The highest BCUT2D eigenvalue weighted by atomic mass is 15.3. The third-order valence-electron chi connectivity index (χ3n) is 4.96. The summed E-state index contributed by atoms with van der Waals surface area (Å²) < 4.78 is 2.03. The highest BCUT2D eigenvalue weighted by Crippen LogP contribution is 2.18. The number of para-hydroxylation sites is 1. The lowest BCUT2D eigenvalue weighted by molar-refractivity contribution is 0.273. The average molecular weight is 339 g/mol. The summed E-state index contributed by atoms with van der Waals surface area (Å²) in [5.74, 6) is 1.82. The predicted octanol–water partition coefficient (Wildman–Crippen LogP) is 3.30. The van der Waals surface area contributed by atoms with E-state index in [2.05, 4.69) is 64.5 Å². The predicted molar refractivity (Wildman–Crippen MR) is 103 cm³/mol. The largest absolute Gasteiger partial charge is 0.352 e. The van der Waals surface area contributed by atoms with E-state index in [4.69, 9.17) is 0 Å². The van der Waals surface area contributed by atoms with E-state index < -0.39 is 0 Å². The van der Waals surface area contributed by atoms with E-state index in [-0.39, 0.29) is 0 Å². The van der Waals surface area contributed by atoms with E-state index in [1.165, 1.54) is 18.4 Å². The van der Waals surface area contributed by atoms with Crippen molar-refractivity contribution >= 4 is 5.96 Å². The number of hydrogen-bond acceptors (Lipinski definition) is 2. The van der Waals surface area contributed by atoms with Crippen LogP contribution in [0.3, 0.4) is 0 Å². The average Bonchev–Trinajstić information content (AvgIpc) is 2.95. The first-order valence-corrected chi connectivity index (χ1v) is 9.15. The van der Waals surface area contributed by atoms with Gasteiger partial charge in [-0.2, -0.15) is 5.10 Å². The third kappa shape index (κ3) is 4.03. The van der Waals surface area contributed by atoms with Crippen LogP contribution in [-0.4, -0.2) is 40.8 Å². The number of guanidine groups is 1. The standard InChI is InChI=1S/C20H29N5/c1-15-9-11-24(12-10-15)20(21-4)22-14-18-7-5-6-8-19(18)25-17(3)13-16(2)23-25/h5-8,13,15H,9-12,14H2,1-4H3,(H,21,22). The van der Waals surface area contributed by atoms with Crippen molar-refractivity contribution in [1.29, 1.82) is 0 Å². The molecule has 1 aliphatic rings. The smallest absolute Gasteiger partial charge is 0.193 e. The fraction of sp³-hybridized carbons (Fsp3) is 0.500. The summed E-state index contributed by atoms with van der Waals surface area (Å²) in [5.41, 5.74) is 4.54. The van der Waals surface area contributed by atoms with Crippen LogP contribution in [-0.2, 0) is 6.54 Å². The first-order valence-electron chi connectivity index (χ1n) is 9.15. The summed E-state index contributed by atoms with van der Waals surface area (Å²) in [6, 6.07) is 10.5. The summed E-state index contributed by atoms with van der Waals surface area (Å²) in [4.78, 5) is 6.85. The highest BCUT2D eigenvalue weighted by molar-refractivity contribution is 5.80. The maximum Gasteiger partial charge on any atom is 0.193 e. The lowest BCUT2D eigenvalue weighted by atomic mass is 9.99. The van der Waals surface area contributed by atoms with Crippen molar-refractivity contribution in [3.05, 3.63) is 47.3 Å². The van der Waals surface area contributed by atoms with Gasteiger partial charge in [0.25, 0.3) is 0 Å². The lowest BCUT2D eigenvalue weighted by Crippen LogP contribution is -2.45. The number of aromatic nitrogens is 2. The van der Waals surface area contributed by atoms with Crippen molar-refractivity contribution in [2.45, 2.75) is 40.2 Å². The number of aliphatic imine (C=N–C) groups is 1. The summed E-state index contributed by atoms with van der Waals surface area (Å²) >= 11 is 0. The molecule has 0 atom stereocenters. The first-order chi connectivity index (χ1) is 12.1. The van der Waals surface area contributed by atoms with Gasteiger partial charge in [-0.05, 0) is 50.3 Å². The molecule has 25 heavy (non-hydrogen) atoms. The maximum atomic E-state index is 4.63. The Bertz CT molecular complexity index is 738. The number of benzene rings is 1. The molecule has 3 rings (SSSR count). The molecule has 0 spiro atoms. The van der Waals surface area contributed by atoms with Crippen molar-refractivity contribution < 1.29 is 0 Å². The second-order valence-corrected chi connectivity index (χ2v) is 7.04. The topological polar surface area (TPSA) is 45.5 Å². The molecule has 2 aromatic rings. The molecule has 1 saturated heterocycles. The van der Waals surface area contributed by atoms with Gasteiger partial charge < -0.3 is 10.2 Å². The van der Waals surface area contributed by atoms with Gasteiger partial charge >= 0.3 is 0 Å². The summed E-state index contributed by atoms with van der Waals surface area (Å²) in [6.45, 7) is 9.37. The SMILES string of the molecule is CN=C(NCc1ccccc1-n1nc(C)cc1C)N1CCC(C)CC1. The summed E-state index contributed by atoms with van der Waals surface area (Å²) in [6.07, 6.45) is 2.48. The quantitative estimate of drug-likeness (QED) is 0.689. The van der Waals surface area contributed by atoms with Crippen LogP contribution < -0.4 is 5.32 Å². The Morgan fingerprint density at radius 2 is 1.96 bits per heavy atom. The molecular weight excluding hydrogens is 310 g/mol. The molecule has 0 amide bonds. The molecule has 1 aromatic heterocycles. The van der Waals surface area contributed by atoms with E-state index in [1.807, 2.05) is 18.7 Å². The minimum absolute atomic E-state index is 0.743. The Morgan fingerprint density at radius 1 is 1.24 bits per heavy atom. The minimum Gasteiger partial charge on any atom is -0.352 e. The molecule has 1 aromatic carbocycles. The van der Waals surface area contributed by atoms with E-state index in [1.54, 1.807) is 0 Å². The first kappa shape index (κ1) is 17.5. The Morgan fingerprint density at radius 3 is 2.60 bits per heavy atom. The van der Waals surface area contributed by atoms with E-state index in [0.29, 0.717) is 0 Å². The maximum absolute atomic E-state index is 4.63. The molecule has 0 bridgehead atoms. The second-order valence-electron chi connectivity index (χ2n) is 7.04. The number of piperidine rings is 1. The molecule has 5 heteroatoms. The van der Waals surface area contributed by atoms with E-state index >= 15 is 0 Å². The van der Waals surface area contributed by atoms with Gasteiger partial charge in [0.1, 0.15) is 0 Å². The molecule has 1 fully saturated rings. The van der Waals surface area contributed by atoms with Crippen LogP contribution >= 0.6 is 0 Å². The lowest BCUT2D eigenvalue weighted by Gasteiger charge is -2.33. The Balaban J connectivity index is 1.74. The van der Waals surface area contributed by atoms with Crippen LogP contribution in [0.15, 0.2) is 35.3 Å². The van der Waals surface area contributed by atoms with Crippen molar-refractivity contribution in [3.8, 4) is 5.69 Å². The van der Waals surface area contributed by atoms with Crippen molar-refractivity contribution in [2.24, 2.45) is 10.9 Å². The number of aryl methyl sites for hydroxylation is 2. The Hall–Kier alpha value is -2.30. The fourth-order valence-electron chi connectivity index (χ4n) is 3.47. The fourth-order valence-corrected chi connectivity index (χ4v) is 3.47. The van der Waals surface area contributed by atoms with Gasteiger partial charge in [0.15, 0.2) is 5.96 Å². The minimum atomic E-state index is 0.743. The molecule has 0 unspecified atom stereocenters. The zero-order valence-electron chi connectivity index (χ0n) is 15.8. The van der Waals surface area contributed by atoms with E-state index in [9.17, 15) is 0 Å². The zero-order chi connectivity index (χ0) is 17.8. The molecule has 0 radical (unpaired) electrons. The normalized spacial score (nSPS) is 16.3. The van der Waals surface area contributed by atoms with Crippen molar-refractivity contribution in [2.75, 3.05) is 20.1 Å². The molecular formula is C20H29N5. The van der Waals surface area contributed by atoms with Crippen LogP contribution in [0, 0.1) is 19.8 Å². The van der Waals surface area contributed by atoms with E-state index in [0.717, 1.165) is 48.6 Å². The van der Waals surface area contributed by atoms with Crippen LogP contribution in [0.1, 0.15) is 36.7 Å². The monoisotopic (exact) mass is 339 g/mol. The van der Waals surface area contributed by atoms with Crippen molar-refractivity contribution in [1.82, 2.24) is 20.0 Å². The van der Waals surface area contributed by atoms with Crippen LogP contribution in [0.4, 0.5) is 0 Å². The molecule has 0 saturated carbocycles. The second kappa shape index (κ2) is 7.72. The number of nitrogens with one attached hydrogen (secondary N) is 1. The molecule has 0 aliphatic carbocycles. The van der Waals surface area contributed by atoms with Crippen LogP contribution in [0.5, 0.6) is 0 Å². The van der Waals surface area contributed by atoms with Gasteiger partial charge in [-0.25, -0.2) is 4.68 Å². The van der Waals surface area contributed by atoms with Crippen LogP contribution in [0.2, 0.25) is 0 Å². The Labute approximate surface area is 150 Å². The molecule has 134 valence electrons. The summed E-state index contributed by atoms with van der Waals surface area (Å²) in [5, 5.41) is 8.18. The van der Waals surface area contributed by atoms with Gasteiger partial charge in [0, 0.05) is 32.4 Å². The number of likely N-dealkylation sites (tertiary alicyclic amines) is 1.